The molecule has 3 rings (SSSR count). The standard InChI is InChI=1S/C24H27ClF3NO4S/c1-2-33-23(30)19-10-6-17(7-11-19)15-29(16-18-8-12-21(25)13-9-18)34(31,32)22-5-3-4-20(14-22)24(26,27)28/h3-5,8-9,12-14,17,19H,2,6-7,10-11,15-16H2,1H3. The van der Waals surface area contributed by atoms with Crippen molar-refractivity contribution in [3.05, 3.63) is 64.7 Å². The zero-order valence-corrected chi connectivity index (χ0v) is 20.3. The maximum atomic E-state index is 13.5. The van der Waals surface area contributed by atoms with E-state index in [9.17, 15) is 26.4 Å². The molecule has 0 aliphatic heterocycles. The van der Waals surface area contributed by atoms with Crippen molar-refractivity contribution < 1.29 is 31.1 Å². The van der Waals surface area contributed by atoms with E-state index < -0.39 is 26.7 Å². The van der Waals surface area contributed by atoms with Crippen LogP contribution in [0.5, 0.6) is 0 Å². The Morgan fingerprint density at radius 2 is 1.74 bits per heavy atom. The summed E-state index contributed by atoms with van der Waals surface area (Å²) in [6.07, 6.45) is -2.24. The molecule has 10 heteroatoms. The van der Waals surface area contributed by atoms with Gasteiger partial charge >= 0.3 is 12.1 Å². The summed E-state index contributed by atoms with van der Waals surface area (Å²) < 4.78 is 72.9. The molecule has 1 fully saturated rings. The third-order valence-electron chi connectivity index (χ3n) is 6.00. The van der Waals surface area contributed by atoms with Crippen LogP contribution in [-0.2, 0) is 32.3 Å². The van der Waals surface area contributed by atoms with Crippen LogP contribution in [0.4, 0.5) is 13.2 Å². The van der Waals surface area contributed by atoms with Crippen LogP contribution in [0.25, 0.3) is 0 Å². The van der Waals surface area contributed by atoms with E-state index in [1.807, 2.05) is 0 Å². The van der Waals surface area contributed by atoms with E-state index in [0.717, 1.165) is 12.1 Å². The number of nitrogens with zero attached hydrogens (tertiary/aromatic N) is 1. The largest absolute Gasteiger partial charge is 0.466 e. The molecule has 0 N–H and O–H groups in total. The first-order chi connectivity index (χ1) is 16.0. The number of rotatable bonds is 8. The summed E-state index contributed by atoms with van der Waals surface area (Å²) in [5.41, 5.74) is -0.352. The fraction of sp³-hybridized carbons (Fsp3) is 0.458. The van der Waals surface area contributed by atoms with Crippen molar-refractivity contribution in [1.82, 2.24) is 4.31 Å². The Hall–Kier alpha value is -2.10. The van der Waals surface area contributed by atoms with Crippen molar-refractivity contribution in [2.24, 2.45) is 11.8 Å². The predicted octanol–water partition coefficient (Wildman–Crippen LogP) is 5.92. The first-order valence-corrected chi connectivity index (χ1v) is 12.9. The van der Waals surface area contributed by atoms with Gasteiger partial charge in [0.2, 0.25) is 10.0 Å². The zero-order chi connectivity index (χ0) is 24.9. The summed E-state index contributed by atoms with van der Waals surface area (Å²) in [5, 5.41) is 0.494. The SMILES string of the molecule is CCOC(=O)C1CCC(CN(Cc2ccc(Cl)cc2)S(=O)(=O)c2cccc(C(F)(F)F)c2)CC1. The molecule has 0 heterocycles. The Kier molecular flexibility index (Phi) is 8.65. The Morgan fingerprint density at radius 1 is 1.09 bits per heavy atom. The molecule has 0 atom stereocenters. The highest BCUT2D eigenvalue weighted by molar-refractivity contribution is 7.89. The van der Waals surface area contributed by atoms with Crippen LogP contribution in [-0.4, -0.2) is 31.8 Å². The van der Waals surface area contributed by atoms with Gasteiger partial charge in [0.1, 0.15) is 0 Å². The van der Waals surface area contributed by atoms with Crippen LogP contribution >= 0.6 is 11.6 Å². The van der Waals surface area contributed by atoms with E-state index in [-0.39, 0.29) is 30.9 Å². The second-order valence-electron chi connectivity index (χ2n) is 8.42. The monoisotopic (exact) mass is 517 g/mol. The normalized spacial score (nSPS) is 19.2. The van der Waals surface area contributed by atoms with Gasteiger partial charge < -0.3 is 4.74 Å². The molecular weight excluding hydrogens is 491 g/mol. The van der Waals surface area contributed by atoms with Crippen LogP contribution in [0, 0.1) is 11.8 Å². The molecule has 0 spiro atoms. The number of alkyl halides is 3. The van der Waals surface area contributed by atoms with Crippen molar-refractivity contribution >= 4 is 27.6 Å². The Balaban J connectivity index is 1.84. The fourth-order valence-electron chi connectivity index (χ4n) is 4.15. The van der Waals surface area contributed by atoms with Crippen LogP contribution < -0.4 is 0 Å². The second-order valence-corrected chi connectivity index (χ2v) is 10.8. The van der Waals surface area contributed by atoms with Gasteiger partial charge in [0.15, 0.2) is 0 Å². The van der Waals surface area contributed by atoms with Crippen molar-refractivity contribution in [3.63, 3.8) is 0 Å². The smallest absolute Gasteiger partial charge is 0.416 e. The van der Waals surface area contributed by atoms with E-state index >= 15 is 0 Å². The third-order valence-corrected chi connectivity index (χ3v) is 8.06. The molecule has 2 aromatic rings. The number of carbonyl (C=O) groups is 1. The lowest BCUT2D eigenvalue weighted by molar-refractivity contribution is -0.149. The molecule has 186 valence electrons. The van der Waals surface area contributed by atoms with Crippen molar-refractivity contribution in [2.75, 3.05) is 13.2 Å². The third kappa shape index (κ3) is 6.73. The molecule has 0 saturated heterocycles. The lowest BCUT2D eigenvalue weighted by Gasteiger charge is -2.31. The molecular formula is C24H27ClF3NO4S. The molecule has 5 nitrogen and oxygen atoms in total. The maximum absolute atomic E-state index is 13.5. The van der Waals surface area contributed by atoms with Gasteiger partial charge in [-0.25, -0.2) is 8.42 Å². The molecule has 0 bridgehead atoms. The lowest BCUT2D eigenvalue weighted by atomic mass is 9.82. The van der Waals surface area contributed by atoms with Gasteiger partial charge in [-0.3, -0.25) is 4.79 Å². The number of hydrogen-bond acceptors (Lipinski definition) is 4. The quantitative estimate of drug-likeness (QED) is 0.408. The van der Waals surface area contributed by atoms with Crippen LogP contribution in [0.1, 0.15) is 43.7 Å². The highest BCUT2D eigenvalue weighted by Crippen LogP contribution is 2.34. The van der Waals surface area contributed by atoms with E-state index in [1.54, 1.807) is 31.2 Å². The van der Waals surface area contributed by atoms with Gasteiger partial charge in [0, 0.05) is 18.1 Å². The van der Waals surface area contributed by atoms with E-state index in [2.05, 4.69) is 0 Å². The van der Waals surface area contributed by atoms with Crippen LogP contribution in [0.15, 0.2) is 53.4 Å². The van der Waals surface area contributed by atoms with E-state index in [0.29, 0.717) is 48.9 Å². The molecule has 1 aliphatic carbocycles. The zero-order valence-electron chi connectivity index (χ0n) is 18.7. The average molecular weight is 518 g/mol. The maximum Gasteiger partial charge on any atom is 0.416 e. The second kappa shape index (κ2) is 11.1. The predicted molar refractivity (Wildman–Crippen MR) is 123 cm³/mol. The number of esters is 1. The van der Waals surface area contributed by atoms with E-state index in [4.69, 9.17) is 16.3 Å². The highest BCUT2D eigenvalue weighted by atomic mass is 35.5. The first-order valence-electron chi connectivity index (χ1n) is 11.1. The topological polar surface area (TPSA) is 63.7 Å². The molecule has 0 unspecified atom stereocenters. The Morgan fingerprint density at radius 3 is 2.32 bits per heavy atom. The summed E-state index contributed by atoms with van der Waals surface area (Å²) >= 11 is 5.94. The lowest BCUT2D eigenvalue weighted by Crippen LogP contribution is -2.37. The first kappa shape index (κ1) is 26.5. The molecule has 0 aromatic heterocycles. The number of carbonyl (C=O) groups excluding carboxylic acids is 1. The number of halogens is 4. The molecule has 0 radical (unpaired) electrons. The molecule has 1 saturated carbocycles. The van der Waals surface area contributed by atoms with Gasteiger partial charge in [-0.05, 0) is 74.4 Å². The van der Waals surface area contributed by atoms with Crippen LogP contribution in [0.3, 0.4) is 0 Å². The van der Waals surface area contributed by atoms with E-state index in [1.165, 1.54) is 10.4 Å². The summed E-state index contributed by atoms with van der Waals surface area (Å²) in [6.45, 7) is 2.18. The number of benzene rings is 2. The average Bonchev–Trinajstić information content (AvgIpc) is 2.80. The highest BCUT2D eigenvalue weighted by Gasteiger charge is 2.35. The Labute approximate surface area is 202 Å². The van der Waals surface area contributed by atoms with Crippen molar-refractivity contribution in [2.45, 2.75) is 50.2 Å². The van der Waals surface area contributed by atoms with Gasteiger partial charge in [0.05, 0.1) is 23.0 Å². The molecule has 0 amide bonds. The number of sulfonamides is 1. The molecule has 1 aliphatic rings. The van der Waals surface area contributed by atoms with Gasteiger partial charge in [-0.15, -0.1) is 0 Å². The molecule has 2 aromatic carbocycles. The fourth-order valence-corrected chi connectivity index (χ4v) is 5.83. The minimum atomic E-state index is -4.65. The summed E-state index contributed by atoms with van der Waals surface area (Å²) in [7, 11) is -4.22. The van der Waals surface area contributed by atoms with Gasteiger partial charge in [-0.2, -0.15) is 17.5 Å². The summed E-state index contributed by atoms with van der Waals surface area (Å²) in [6, 6.07) is 10.4. The number of ether oxygens (including phenoxy) is 1. The van der Waals surface area contributed by atoms with Crippen molar-refractivity contribution in [1.29, 1.82) is 0 Å². The Bertz CT molecular complexity index is 1080. The van der Waals surface area contributed by atoms with Gasteiger partial charge in [-0.1, -0.05) is 29.8 Å². The minimum absolute atomic E-state index is 0.00640. The van der Waals surface area contributed by atoms with Gasteiger partial charge in [0.25, 0.3) is 0 Å². The minimum Gasteiger partial charge on any atom is -0.466 e. The van der Waals surface area contributed by atoms with Crippen LogP contribution in [0.2, 0.25) is 5.02 Å². The molecule has 34 heavy (non-hydrogen) atoms. The summed E-state index contributed by atoms with van der Waals surface area (Å²) in [4.78, 5) is 11.6. The van der Waals surface area contributed by atoms with Crippen molar-refractivity contribution in [3.8, 4) is 0 Å². The summed E-state index contributed by atoms with van der Waals surface area (Å²) in [5.74, 6) is -0.477. The number of hydrogen-bond donors (Lipinski definition) is 0.